The molecule has 1 heterocycles. The van der Waals surface area contributed by atoms with Gasteiger partial charge in [0.2, 0.25) is 5.91 Å². The number of thiazole rings is 1. The normalized spacial score (nSPS) is 10.4. The van der Waals surface area contributed by atoms with Crippen molar-refractivity contribution in [2.45, 2.75) is 20.5 Å². The van der Waals surface area contributed by atoms with Gasteiger partial charge in [0.25, 0.3) is 0 Å². The fourth-order valence-corrected chi connectivity index (χ4v) is 3.25. The lowest BCUT2D eigenvalue weighted by Crippen LogP contribution is -2.22. The summed E-state index contributed by atoms with van der Waals surface area (Å²) in [5, 5.41) is 2.33. The number of aryl methyl sites for hydroxylation is 1. The summed E-state index contributed by atoms with van der Waals surface area (Å²) < 4.78 is 5.32. The summed E-state index contributed by atoms with van der Waals surface area (Å²) in [5.41, 5.74) is 2.93. The maximum absolute atomic E-state index is 12.1. The molecule has 1 aromatic heterocycles. The highest BCUT2D eigenvalue weighted by Crippen LogP contribution is 2.28. The van der Waals surface area contributed by atoms with Crippen LogP contribution >= 0.6 is 11.3 Å². The largest absolute Gasteiger partial charge is 0.456 e. The van der Waals surface area contributed by atoms with Gasteiger partial charge in [0, 0.05) is 12.3 Å². The number of hydrogen-bond acceptors (Lipinski definition) is 5. The van der Waals surface area contributed by atoms with E-state index in [0.29, 0.717) is 16.4 Å². The average molecular weight is 366 g/mol. The van der Waals surface area contributed by atoms with E-state index in [1.807, 2.05) is 49.4 Å². The van der Waals surface area contributed by atoms with Crippen LogP contribution in [0.1, 0.15) is 28.5 Å². The molecule has 26 heavy (non-hydrogen) atoms. The lowest BCUT2D eigenvalue weighted by Gasteiger charge is -2.17. The summed E-state index contributed by atoms with van der Waals surface area (Å²) in [4.78, 5) is 30.1. The first-order valence-corrected chi connectivity index (χ1v) is 8.96. The predicted octanol–water partition coefficient (Wildman–Crippen LogP) is 4.49. The zero-order valence-corrected chi connectivity index (χ0v) is 15.3. The molecular weight excluding hydrogens is 348 g/mol. The van der Waals surface area contributed by atoms with E-state index in [4.69, 9.17) is 4.74 Å². The van der Waals surface area contributed by atoms with Gasteiger partial charge in [-0.2, -0.15) is 0 Å². The third-order valence-corrected chi connectivity index (χ3v) is 4.57. The molecule has 0 unspecified atom stereocenters. The Labute approximate surface area is 155 Å². The number of nitrogens with zero attached hydrogens (tertiary/aromatic N) is 2. The topological polar surface area (TPSA) is 59.5 Å². The number of carbonyl (C=O) groups excluding carboxylic acids is 2. The quantitative estimate of drug-likeness (QED) is 0.624. The van der Waals surface area contributed by atoms with E-state index in [2.05, 4.69) is 4.98 Å². The van der Waals surface area contributed by atoms with Gasteiger partial charge in [0.05, 0.1) is 16.9 Å². The van der Waals surface area contributed by atoms with Crippen LogP contribution in [0.4, 0.5) is 10.8 Å². The highest BCUT2D eigenvalue weighted by Gasteiger charge is 2.18. The Bertz CT molecular complexity index is 904. The molecule has 0 aliphatic rings. The van der Waals surface area contributed by atoms with Crippen LogP contribution < -0.4 is 4.90 Å². The average Bonchev–Trinajstić information content (AvgIpc) is 3.09. The van der Waals surface area contributed by atoms with E-state index >= 15 is 0 Å². The van der Waals surface area contributed by atoms with Crippen molar-refractivity contribution in [3.8, 4) is 0 Å². The molecule has 0 aliphatic carbocycles. The van der Waals surface area contributed by atoms with Gasteiger partial charge in [0.15, 0.2) is 5.13 Å². The van der Waals surface area contributed by atoms with Gasteiger partial charge in [0.1, 0.15) is 6.61 Å². The second kappa shape index (κ2) is 7.93. The minimum absolute atomic E-state index is 0.0593. The monoisotopic (exact) mass is 366 g/mol. The van der Waals surface area contributed by atoms with Crippen LogP contribution in [0.3, 0.4) is 0 Å². The summed E-state index contributed by atoms with van der Waals surface area (Å²) in [7, 11) is 0. The molecule has 0 atom stereocenters. The number of anilines is 2. The number of rotatable bonds is 5. The molecule has 0 fully saturated rings. The van der Waals surface area contributed by atoms with Crippen molar-refractivity contribution in [2.24, 2.45) is 0 Å². The maximum atomic E-state index is 12.1. The number of carbonyl (C=O) groups is 2. The van der Waals surface area contributed by atoms with Gasteiger partial charge in [-0.05, 0) is 31.2 Å². The lowest BCUT2D eigenvalue weighted by molar-refractivity contribution is -0.115. The first kappa shape index (κ1) is 17.8. The van der Waals surface area contributed by atoms with E-state index in [-0.39, 0.29) is 12.5 Å². The molecule has 0 radical (unpaired) electrons. The SMILES string of the molecule is CC(=O)N(c1ccccc1)c1nc(COC(=O)c2ccc(C)cc2)cs1. The van der Waals surface area contributed by atoms with Gasteiger partial charge in [-0.1, -0.05) is 35.9 Å². The van der Waals surface area contributed by atoms with Crippen molar-refractivity contribution in [1.29, 1.82) is 0 Å². The number of ether oxygens (including phenoxy) is 1. The molecule has 0 saturated heterocycles. The maximum Gasteiger partial charge on any atom is 0.338 e. The molecule has 132 valence electrons. The molecule has 0 bridgehead atoms. The van der Waals surface area contributed by atoms with E-state index in [1.54, 1.807) is 17.5 Å². The Morgan fingerprint density at radius 2 is 1.77 bits per heavy atom. The summed E-state index contributed by atoms with van der Waals surface area (Å²) in [6.07, 6.45) is 0. The molecular formula is C20H18N2O3S. The van der Waals surface area contributed by atoms with Crippen LogP contribution in [0.15, 0.2) is 60.0 Å². The Kier molecular flexibility index (Phi) is 5.43. The molecule has 0 N–H and O–H groups in total. The van der Waals surface area contributed by atoms with Crippen molar-refractivity contribution < 1.29 is 14.3 Å². The highest BCUT2D eigenvalue weighted by molar-refractivity contribution is 7.14. The summed E-state index contributed by atoms with van der Waals surface area (Å²) in [6.45, 7) is 3.51. The van der Waals surface area contributed by atoms with Crippen LogP contribution in [0, 0.1) is 6.92 Å². The summed E-state index contributed by atoms with van der Waals surface area (Å²) >= 11 is 1.33. The molecule has 1 amide bonds. The molecule has 2 aromatic carbocycles. The third kappa shape index (κ3) is 4.15. The Hall–Kier alpha value is -2.99. The fraction of sp³-hybridized carbons (Fsp3) is 0.150. The second-order valence-electron chi connectivity index (χ2n) is 5.75. The standard InChI is InChI=1S/C20H18N2O3S/c1-14-8-10-16(11-9-14)19(24)25-12-17-13-26-20(21-17)22(15(2)23)18-6-4-3-5-7-18/h3-11,13H,12H2,1-2H3. The van der Waals surface area contributed by atoms with Gasteiger partial charge in [-0.15, -0.1) is 11.3 Å². The summed E-state index contributed by atoms with van der Waals surface area (Å²) in [6, 6.07) is 16.5. The van der Waals surface area contributed by atoms with Crippen LogP contribution in [0.25, 0.3) is 0 Å². The van der Waals surface area contributed by atoms with Crippen molar-refractivity contribution in [3.63, 3.8) is 0 Å². The first-order valence-electron chi connectivity index (χ1n) is 8.08. The number of hydrogen-bond donors (Lipinski definition) is 0. The van der Waals surface area contributed by atoms with Crippen molar-refractivity contribution in [1.82, 2.24) is 4.98 Å². The number of aromatic nitrogens is 1. The number of benzene rings is 2. The first-order chi connectivity index (χ1) is 12.5. The van der Waals surface area contributed by atoms with Crippen molar-refractivity contribution >= 4 is 34.0 Å². The van der Waals surface area contributed by atoms with E-state index < -0.39 is 5.97 Å². The van der Waals surface area contributed by atoms with Crippen LogP contribution in [-0.2, 0) is 16.1 Å². The van der Waals surface area contributed by atoms with Crippen LogP contribution in [0.2, 0.25) is 0 Å². The molecule has 0 spiro atoms. The number of esters is 1. The van der Waals surface area contributed by atoms with E-state index in [1.165, 1.54) is 23.2 Å². The molecule has 3 aromatic rings. The zero-order chi connectivity index (χ0) is 18.5. The zero-order valence-electron chi connectivity index (χ0n) is 14.5. The molecule has 0 saturated carbocycles. The minimum atomic E-state index is -0.397. The Morgan fingerprint density at radius 1 is 1.08 bits per heavy atom. The van der Waals surface area contributed by atoms with E-state index in [0.717, 1.165) is 11.3 Å². The minimum Gasteiger partial charge on any atom is -0.456 e. The number of amides is 1. The smallest absolute Gasteiger partial charge is 0.338 e. The van der Waals surface area contributed by atoms with Gasteiger partial charge in [-0.25, -0.2) is 9.78 Å². The molecule has 0 aliphatic heterocycles. The van der Waals surface area contributed by atoms with Crippen LogP contribution in [0.5, 0.6) is 0 Å². The molecule has 3 rings (SSSR count). The third-order valence-electron chi connectivity index (χ3n) is 3.70. The van der Waals surface area contributed by atoms with Gasteiger partial charge >= 0.3 is 5.97 Å². The van der Waals surface area contributed by atoms with E-state index in [9.17, 15) is 9.59 Å². The van der Waals surface area contributed by atoms with Crippen molar-refractivity contribution in [2.75, 3.05) is 4.90 Å². The Morgan fingerprint density at radius 3 is 2.42 bits per heavy atom. The highest BCUT2D eigenvalue weighted by atomic mass is 32.1. The molecule has 5 nitrogen and oxygen atoms in total. The number of para-hydroxylation sites is 1. The lowest BCUT2D eigenvalue weighted by atomic mass is 10.1. The van der Waals surface area contributed by atoms with Gasteiger partial charge in [-0.3, -0.25) is 9.69 Å². The summed E-state index contributed by atoms with van der Waals surface area (Å²) in [5.74, 6) is -0.528. The van der Waals surface area contributed by atoms with Gasteiger partial charge < -0.3 is 4.74 Å². The predicted molar refractivity (Wildman–Crippen MR) is 102 cm³/mol. The Balaban J connectivity index is 1.70. The fourth-order valence-electron chi connectivity index (χ4n) is 2.38. The van der Waals surface area contributed by atoms with Crippen LogP contribution in [-0.4, -0.2) is 16.9 Å². The molecule has 6 heteroatoms. The van der Waals surface area contributed by atoms with Crippen molar-refractivity contribution in [3.05, 3.63) is 76.8 Å². The second-order valence-corrected chi connectivity index (χ2v) is 6.59.